The van der Waals surface area contributed by atoms with Gasteiger partial charge in [0, 0.05) is 38.0 Å². The summed E-state index contributed by atoms with van der Waals surface area (Å²) in [6, 6.07) is 22.3. The van der Waals surface area contributed by atoms with Gasteiger partial charge in [-0.3, -0.25) is 9.89 Å². The molecule has 0 amide bonds. The van der Waals surface area contributed by atoms with Crippen LogP contribution in [0.3, 0.4) is 0 Å². The zero-order valence-corrected chi connectivity index (χ0v) is 15.4. The lowest BCUT2D eigenvalue weighted by atomic mass is 9.97. The van der Waals surface area contributed by atoms with E-state index < -0.39 is 0 Å². The minimum absolute atomic E-state index is 0.448. The number of rotatable bonds is 4. The van der Waals surface area contributed by atoms with Crippen LogP contribution in [0.15, 0.2) is 65.7 Å². The number of aliphatic imine (C=N–C) groups is 1. The van der Waals surface area contributed by atoms with Crippen LogP contribution in [0.1, 0.15) is 17.2 Å². The van der Waals surface area contributed by atoms with E-state index in [4.69, 9.17) is 0 Å². The van der Waals surface area contributed by atoms with Crippen molar-refractivity contribution in [2.24, 2.45) is 4.99 Å². The SMILES string of the molecule is c1ccc(CC(c2ccccc2)N2CCN(C3=NCCS3)CC2)cc1. The lowest BCUT2D eigenvalue weighted by Crippen LogP contribution is -2.49. The summed E-state index contributed by atoms with van der Waals surface area (Å²) in [7, 11) is 0. The minimum Gasteiger partial charge on any atom is -0.349 e. The maximum Gasteiger partial charge on any atom is 0.159 e. The van der Waals surface area contributed by atoms with Gasteiger partial charge in [0.15, 0.2) is 5.17 Å². The minimum atomic E-state index is 0.448. The molecule has 4 heteroatoms. The van der Waals surface area contributed by atoms with Crippen LogP contribution in [0, 0.1) is 0 Å². The van der Waals surface area contributed by atoms with Crippen LogP contribution in [0.4, 0.5) is 0 Å². The molecular weight excluding hydrogens is 326 g/mol. The molecule has 130 valence electrons. The number of thioether (sulfide) groups is 1. The molecular formula is C21H25N3S. The topological polar surface area (TPSA) is 18.8 Å². The normalized spacial score (nSPS) is 19.7. The van der Waals surface area contributed by atoms with Crippen LogP contribution < -0.4 is 0 Å². The first kappa shape index (κ1) is 16.7. The largest absolute Gasteiger partial charge is 0.349 e. The molecule has 0 radical (unpaired) electrons. The van der Waals surface area contributed by atoms with Crippen molar-refractivity contribution in [3.63, 3.8) is 0 Å². The third-order valence-electron chi connectivity index (χ3n) is 5.05. The second kappa shape index (κ2) is 8.07. The predicted octanol–water partition coefficient (Wildman–Crippen LogP) is 3.69. The molecule has 0 aliphatic carbocycles. The second-order valence-corrected chi connectivity index (χ2v) is 7.71. The lowest BCUT2D eigenvalue weighted by molar-refractivity contribution is 0.132. The fraction of sp³-hybridized carbons (Fsp3) is 0.381. The van der Waals surface area contributed by atoms with Crippen LogP contribution in [-0.4, -0.2) is 53.4 Å². The number of amidine groups is 1. The molecule has 1 fully saturated rings. The maximum atomic E-state index is 4.64. The Labute approximate surface area is 154 Å². The molecule has 1 unspecified atom stereocenters. The summed E-state index contributed by atoms with van der Waals surface area (Å²) in [5.74, 6) is 1.15. The Morgan fingerprint density at radius 1 is 0.880 bits per heavy atom. The zero-order chi connectivity index (χ0) is 16.9. The van der Waals surface area contributed by atoms with E-state index in [0.29, 0.717) is 6.04 Å². The monoisotopic (exact) mass is 351 g/mol. The third kappa shape index (κ3) is 4.07. The number of hydrogen-bond donors (Lipinski definition) is 0. The van der Waals surface area contributed by atoms with Crippen LogP contribution in [0.5, 0.6) is 0 Å². The van der Waals surface area contributed by atoms with Gasteiger partial charge >= 0.3 is 0 Å². The van der Waals surface area contributed by atoms with Gasteiger partial charge in [0.2, 0.25) is 0 Å². The van der Waals surface area contributed by atoms with Gasteiger partial charge in [-0.1, -0.05) is 72.4 Å². The van der Waals surface area contributed by atoms with E-state index in [-0.39, 0.29) is 0 Å². The standard InChI is InChI=1S/C21H25N3S/c1-3-7-18(8-4-1)17-20(19-9-5-2-6-10-19)23-12-14-24(15-13-23)21-22-11-16-25-21/h1-10,20H,11-17H2. The van der Waals surface area contributed by atoms with Crippen molar-refractivity contribution in [2.45, 2.75) is 12.5 Å². The van der Waals surface area contributed by atoms with Gasteiger partial charge in [-0.05, 0) is 17.5 Å². The van der Waals surface area contributed by atoms with E-state index in [1.807, 2.05) is 11.8 Å². The Morgan fingerprint density at radius 3 is 2.20 bits per heavy atom. The van der Waals surface area contributed by atoms with Gasteiger partial charge in [0.1, 0.15) is 0 Å². The molecule has 2 aliphatic rings. The van der Waals surface area contributed by atoms with E-state index in [1.165, 1.54) is 16.3 Å². The third-order valence-corrected chi connectivity index (χ3v) is 6.08. The average Bonchev–Trinajstić information content (AvgIpc) is 3.23. The summed E-state index contributed by atoms with van der Waals surface area (Å²) in [4.78, 5) is 9.76. The Morgan fingerprint density at radius 2 is 1.56 bits per heavy atom. The first-order chi connectivity index (χ1) is 12.4. The van der Waals surface area contributed by atoms with Crippen molar-refractivity contribution in [1.29, 1.82) is 0 Å². The van der Waals surface area contributed by atoms with E-state index >= 15 is 0 Å². The molecule has 2 aromatic rings. The number of nitrogens with zero attached hydrogens (tertiary/aromatic N) is 3. The fourth-order valence-corrected chi connectivity index (χ4v) is 4.62. The van der Waals surface area contributed by atoms with Crippen molar-refractivity contribution in [3.8, 4) is 0 Å². The van der Waals surface area contributed by atoms with E-state index in [9.17, 15) is 0 Å². The van der Waals surface area contributed by atoms with Gasteiger partial charge in [-0.25, -0.2) is 0 Å². The summed E-state index contributed by atoms with van der Waals surface area (Å²) < 4.78 is 0. The highest BCUT2D eigenvalue weighted by molar-refractivity contribution is 8.14. The van der Waals surface area contributed by atoms with Crippen molar-refractivity contribution in [3.05, 3.63) is 71.8 Å². The van der Waals surface area contributed by atoms with E-state index in [2.05, 4.69) is 75.5 Å². The van der Waals surface area contributed by atoms with Gasteiger partial charge in [0.25, 0.3) is 0 Å². The zero-order valence-electron chi connectivity index (χ0n) is 14.6. The van der Waals surface area contributed by atoms with E-state index in [1.54, 1.807) is 0 Å². The molecule has 1 atom stereocenters. The number of benzene rings is 2. The number of piperazine rings is 1. The average molecular weight is 352 g/mol. The smallest absolute Gasteiger partial charge is 0.159 e. The predicted molar refractivity (Wildman–Crippen MR) is 107 cm³/mol. The highest BCUT2D eigenvalue weighted by atomic mass is 32.2. The molecule has 0 N–H and O–H groups in total. The summed E-state index contributed by atoms with van der Waals surface area (Å²) in [5.41, 5.74) is 2.84. The molecule has 25 heavy (non-hydrogen) atoms. The Balaban J connectivity index is 1.48. The van der Waals surface area contributed by atoms with Crippen LogP contribution in [0.2, 0.25) is 0 Å². The Bertz CT molecular complexity index is 694. The summed E-state index contributed by atoms with van der Waals surface area (Å²) in [5, 5.41) is 1.26. The van der Waals surface area contributed by atoms with Crippen LogP contribution >= 0.6 is 11.8 Å². The molecule has 2 heterocycles. The summed E-state index contributed by atoms with van der Waals surface area (Å²) in [6.07, 6.45) is 1.07. The van der Waals surface area contributed by atoms with Crippen molar-refractivity contribution >= 4 is 16.9 Å². The van der Waals surface area contributed by atoms with Gasteiger partial charge in [-0.15, -0.1) is 0 Å². The molecule has 1 saturated heterocycles. The fourth-order valence-electron chi connectivity index (χ4n) is 3.71. The molecule has 0 aromatic heterocycles. The summed E-state index contributed by atoms with van der Waals surface area (Å²) >= 11 is 1.91. The molecule has 0 bridgehead atoms. The van der Waals surface area contributed by atoms with Crippen LogP contribution in [-0.2, 0) is 6.42 Å². The molecule has 0 spiro atoms. The molecule has 3 nitrogen and oxygen atoms in total. The molecule has 0 saturated carbocycles. The van der Waals surface area contributed by atoms with Crippen molar-refractivity contribution < 1.29 is 0 Å². The van der Waals surface area contributed by atoms with E-state index in [0.717, 1.165) is 44.9 Å². The first-order valence-electron chi connectivity index (χ1n) is 9.15. The maximum absolute atomic E-state index is 4.64. The molecule has 2 aromatic carbocycles. The van der Waals surface area contributed by atoms with Gasteiger partial charge in [-0.2, -0.15) is 0 Å². The van der Waals surface area contributed by atoms with Crippen molar-refractivity contribution in [2.75, 3.05) is 38.5 Å². The molecule has 2 aliphatic heterocycles. The highest BCUT2D eigenvalue weighted by Crippen LogP contribution is 2.27. The lowest BCUT2D eigenvalue weighted by Gasteiger charge is -2.40. The number of hydrogen-bond acceptors (Lipinski definition) is 4. The Kier molecular flexibility index (Phi) is 5.38. The van der Waals surface area contributed by atoms with Crippen molar-refractivity contribution in [1.82, 2.24) is 9.80 Å². The first-order valence-corrected chi connectivity index (χ1v) is 10.1. The van der Waals surface area contributed by atoms with Gasteiger partial charge < -0.3 is 4.90 Å². The molecule has 4 rings (SSSR count). The summed E-state index contributed by atoms with van der Waals surface area (Å²) in [6.45, 7) is 5.37. The van der Waals surface area contributed by atoms with Gasteiger partial charge in [0.05, 0.1) is 6.54 Å². The van der Waals surface area contributed by atoms with Crippen LogP contribution in [0.25, 0.3) is 0 Å². The Hall–Kier alpha value is -1.78. The highest BCUT2D eigenvalue weighted by Gasteiger charge is 2.27. The second-order valence-electron chi connectivity index (χ2n) is 6.65. The quantitative estimate of drug-likeness (QED) is 0.837.